The van der Waals surface area contributed by atoms with Gasteiger partial charge in [0.05, 0.1) is 17.0 Å². The normalized spacial score (nSPS) is 16.2. The molecule has 1 fully saturated rings. The third-order valence-electron chi connectivity index (χ3n) is 5.61. The van der Waals surface area contributed by atoms with E-state index in [1.807, 2.05) is 37.3 Å². The Kier molecular flexibility index (Phi) is 6.24. The summed E-state index contributed by atoms with van der Waals surface area (Å²) in [7, 11) is 0. The van der Waals surface area contributed by atoms with Crippen molar-refractivity contribution >= 4 is 51.7 Å². The smallest absolute Gasteiger partial charge is 0.267 e. The van der Waals surface area contributed by atoms with Gasteiger partial charge in [0.2, 0.25) is 6.79 Å². The van der Waals surface area contributed by atoms with E-state index in [-0.39, 0.29) is 18.3 Å². The number of thiocarbonyl (C=S) groups is 1. The summed E-state index contributed by atoms with van der Waals surface area (Å²) in [6, 6.07) is 9.27. The summed E-state index contributed by atoms with van der Waals surface area (Å²) in [5.41, 5.74) is 2.43. The van der Waals surface area contributed by atoms with Crippen molar-refractivity contribution in [3.05, 3.63) is 68.5 Å². The minimum Gasteiger partial charge on any atom is -0.454 e. The molecule has 0 bridgehead atoms. The fourth-order valence-corrected chi connectivity index (χ4v) is 5.05. The fraction of sp³-hybridized carbons (Fsp3) is 0.280. The molecule has 10 heteroatoms. The largest absolute Gasteiger partial charge is 0.454 e. The lowest BCUT2D eigenvalue weighted by Crippen LogP contribution is -2.27. The number of ether oxygens (including phenoxy) is 2. The molecule has 1 aromatic carbocycles. The molecule has 0 aliphatic carbocycles. The molecular formula is C25H24N4O4S2. The Morgan fingerprint density at radius 2 is 2.00 bits per heavy atom. The number of rotatable bonds is 6. The van der Waals surface area contributed by atoms with Gasteiger partial charge in [0.15, 0.2) is 11.5 Å². The molecule has 0 spiro atoms. The predicted octanol–water partition coefficient (Wildman–Crippen LogP) is 4.20. The second-order valence-electron chi connectivity index (χ2n) is 8.84. The lowest BCUT2D eigenvalue weighted by atomic mass is 10.2. The molecular weight excluding hydrogens is 484 g/mol. The van der Waals surface area contributed by atoms with Crippen LogP contribution in [0.5, 0.6) is 11.5 Å². The van der Waals surface area contributed by atoms with Crippen LogP contribution in [0, 0.1) is 12.8 Å². The molecule has 180 valence electrons. The second kappa shape index (κ2) is 9.35. The van der Waals surface area contributed by atoms with Gasteiger partial charge >= 0.3 is 0 Å². The van der Waals surface area contributed by atoms with Crippen molar-refractivity contribution in [2.45, 2.75) is 27.3 Å². The highest BCUT2D eigenvalue weighted by Gasteiger charge is 2.33. The number of hydrogen-bond donors (Lipinski definition) is 1. The number of aromatic nitrogens is 2. The SMILES string of the molecule is Cc1ccc2nc(NCC(C)C)c(/C=C3\SC(=S)N(Cc4ccc5c(c4)OCO5)C3=O)c(=O)n2c1. The van der Waals surface area contributed by atoms with Crippen molar-refractivity contribution in [3.63, 3.8) is 0 Å². The standard InChI is InChI=1S/C25H24N4O4S2/c1-14(2)10-26-22-17(23(30)28-11-15(3)4-7-21(28)27-22)9-20-24(31)29(25(34)35-20)12-16-5-6-18-19(8-16)33-13-32-18/h4-9,11,14,26H,10,12-13H2,1-3H3/b20-9-. The molecule has 1 saturated heterocycles. The van der Waals surface area contributed by atoms with E-state index in [1.165, 1.54) is 21.1 Å². The quantitative estimate of drug-likeness (QED) is 0.392. The first-order valence-corrected chi connectivity index (χ1v) is 12.4. The zero-order valence-electron chi connectivity index (χ0n) is 19.5. The first kappa shape index (κ1) is 23.4. The van der Waals surface area contributed by atoms with Crippen molar-refractivity contribution in [1.82, 2.24) is 14.3 Å². The predicted molar refractivity (Wildman–Crippen MR) is 141 cm³/mol. The Morgan fingerprint density at radius 3 is 2.80 bits per heavy atom. The lowest BCUT2D eigenvalue weighted by molar-refractivity contribution is -0.122. The first-order valence-electron chi connectivity index (χ1n) is 11.2. The minimum absolute atomic E-state index is 0.185. The van der Waals surface area contributed by atoms with Crippen LogP contribution in [0.15, 0.2) is 46.2 Å². The van der Waals surface area contributed by atoms with E-state index in [1.54, 1.807) is 12.3 Å². The van der Waals surface area contributed by atoms with Gasteiger partial charge < -0.3 is 14.8 Å². The summed E-state index contributed by atoms with van der Waals surface area (Å²) in [6.07, 6.45) is 3.35. The maximum Gasteiger partial charge on any atom is 0.267 e. The molecule has 2 aliphatic rings. The third kappa shape index (κ3) is 4.63. The molecule has 2 aromatic heterocycles. The number of nitrogens with one attached hydrogen (secondary N) is 1. The van der Waals surface area contributed by atoms with Crippen molar-refractivity contribution in [1.29, 1.82) is 0 Å². The summed E-state index contributed by atoms with van der Waals surface area (Å²) in [5, 5.41) is 3.27. The molecule has 1 amide bonds. The first-order chi connectivity index (χ1) is 16.8. The van der Waals surface area contributed by atoms with Gasteiger partial charge in [-0.05, 0) is 48.2 Å². The Balaban J connectivity index is 1.50. The van der Waals surface area contributed by atoms with Crippen LogP contribution in [0.4, 0.5) is 5.82 Å². The Labute approximate surface area is 211 Å². The number of anilines is 1. The van der Waals surface area contributed by atoms with Crippen LogP contribution in [0.2, 0.25) is 0 Å². The maximum absolute atomic E-state index is 13.4. The monoisotopic (exact) mass is 508 g/mol. The molecule has 0 saturated carbocycles. The summed E-state index contributed by atoms with van der Waals surface area (Å²) < 4.78 is 12.7. The van der Waals surface area contributed by atoms with Gasteiger partial charge in [0.1, 0.15) is 15.8 Å². The average Bonchev–Trinajstić information content (AvgIpc) is 3.39. The van der Waals surface area contributed by atoms with Gasteiger partial charge in [-0.1, -0.05) is 50.0 Å². The number of carbonyl (C=O) groups excluding carboxylic acids is 1. The fourth-order valence-electron chi connectivity index (χ4n) is 3.81. The van der Waals surface area contributed by atoms with E-state index >= 15 is 0 Å². The van der Waals surface area contributed by atoms with E-state index in [9.17, 15) is 9.59 Å². The molecule has 1 N–H and O–H groups in total. The molecule has 8 nitrogen and oxygen atoms in total. The second-order valence-corrected chi connectivity index (χ2v) is 10.5. The number of pyridine rings is 1. The highest BCUT2D eigenvalue weighted by atomic mass is 32.2. The van der Waals surface area contributed by atoms with Crippen molar-refractivity contribution in [2.75, 3.05) is 18.7 Å². The molecule has 0 atom stereocenters. The topological polar surface area (TPSA) is 85.2 Å². The lowest BCUT2D eigenvalue weighted by Gasteiger charge is -2.15. The molecule has 0 radical (unpaired) electrons. The Morgan fingerprint density at radius 1 is 1.20 bits per heavy atom. The number of nitrogens with zero attached hydrogens (tertiary/aromatic N) is 3. The van der Waals surface area contributed by atoms with E-state index in [2.05, 4.69) is 24.1 Å². The number of fused-ring (bicyclic) bond motifs is 2. The summed E-state index contributed by atoms with van der Waals surface area (Å²) in [6.45, 7) is 7.18. The van der Waals surface area contributed by atoms with E-state index in [4.69, 9.17) is 21.7 Å². The van der Waals surface area contributed by atoms with Gasteiger partial charge in [-0.25, -0.2) is 4.98 Å². The molecule has 4 heterocycles. The number of aryl methyl sites for hydroxylation is 1. The highest BCUT2D eigenvalue weighted by Crippen LogP contribution is 2.36. The number of thioether (sulfide) groups is 1. The van der Waals surface area contributed by atoms with Crippen LogP contribution >= 0.6 is 24.0 Å². The Hall–Kier alpha value is -3.37. The van der Waals surface area contributed by atoms with Gasteiger partial charge in [-0.2, -0.15) is 0 Å². The summed E-state index contributed by atoms with van der Waals surface area (Å²) in [4.78, 5) is 33.3. The summed E-state index contributed by atoms with van der Waals surface area (Å²) >= 11 is 6.69. The molecule has 35 heavy (non-hydrogen) atoms. The van der Waals surface area contributed by atoms with Crippen molar-refractivity contribution in [3.8, 4) is 11.5 Å². The van der Waals surface area contributed by atoms with Crippen LogP contribution in [0.3, 0.4) is 0 Å². The number of carbonyl (C=O) groups is 1. The van der Waals surface area contributed by atoms with Gasteiger partial charge in [-0.15, -0.1) is 0 Å². The van der Waals surface area contributed by atoms with Crippen LogP contribution in [0.1, 0.15) is 30.5 Å². The molecule has 2 aliphatic heterocycles. The minimum atomic E-state index is -0.249. The highest BCUT2D eigenvalue weighted by molar-refractivity contribution is 8.26. The zero-order chi connectivity index (χ0) is 24.7. The number of amides is 1. The average molecular weight is 509 g/mol. The van der Waals surface area contributed by atoms with Crippen LogP contribution in [-0.2, 0) is 11.3 Å². The van der Waals surface area contributed by atoms with Crippen LogP contribution in [-0.4, -0.2) is 37.8 Å². The van der Waals surface area contributed by atoms with Crippen LogP contribution in [0.25, 0.3) is 11.7 Å². The van der Waals surface area contributed by atoms with E-state index in [0.29, 0.717) is 56.8 Å². The van der Waals surface area contributed by atoms with Gasteiger partial charge in [0, 0.05) is 12.7 Å². The van der Waals surface area contributed by atoms with Gasteiger partial charge in [0.25, 0.3) is 11.5 Å². The Bertz CT molecular complexity index is 1450. The van der Waals surface area contributed by atoms with Crippen LogP contribution < -0.4 is 20.3 Å². The maximum atomic E-state index is 13.4. The van der Waals surface area contributed by atoms with E-state index < -0.39 is 0 Å². The third-order valence-corrected chi connectivity index (χ3v) is 6.99. The molecule has 0 unspecified atom stereocenters. The van der Waals surface area contributed by atoms with Crippen molar-refractivity contribution in [2.24, 2.45) is 5.92 Å². The molecule has 5 rings (SSSR count). The summed E-state index contributed by atoms with van der Waals surface area (Å²) in [5.74, 6) is 1.88. The molecule has 3 aromatic rings. The van der Waals surface area contributed by atoms with E-state index in [0.717, 1.165) is 11.1 Å². The van der Waals surface area contributed by atoms with Gasteiger partial charge in [-0.3, -0.25) is 18.9 Å². The zero-order valence-corrected chi connectivity index (χ0v) is 21.2. The number of benzene rings is 1. The van der Waals surface area contributed by atoms with Crippen molar-refractivity contribution < 1.29 is 14.3 Å². The number of hydrogen-bond acceptors (Lipinski definition) is 8.